The Labute approximate surface area is 159 Å². The van der Waals surface area contributed by atoms with E-state index in [9.17, 15) is 8.78 Å². The van der Waals surface area contributed by atoms with Gasteiger partial charge in [0.05, 0.1) is 5.02 Å². The predicted molar refractivity (Wildman–Crippen MR) is 97.2 cm³/mol. The van der Waals surface area contributed by atoms with Gasteiger partial charge in [0.25, 0.3) is 5.89 Å². The number of alkyl halides is 2. The molecule has 0 radical (unpaired) electrons. The molecule has 2 aromatic heterocycles. The van der Waals surface area contributed by atoms with Crippen LogP contribution in [0.2, 0.25) is 10.0 Å². The van der Waals surface area contributed by atoms with Gasteiger partial charge in [0.15, 0.2) is 0 Å². The number of benzene rings is 2. The second-order valence-electron chi connectivity index (χ2n) is 5.20. The molecular formula is C17H8Cl2F2N2O2S. The summed E-state index contributed by atoms with van der Waals surface area (Å²) in [6.45, 7) is -2.88. The zero-order chi connectivity index (χ0) is 18.3. The van der Waals surface area contributed by atoms with Crippen molar-refractivity contribution in [3.05, 3.63) is 52.5 Å². The number of thiophene rings is 1. The number of fused-ring (bicyclic) bond motifs is 1. The lowest BCUT2D eigenvalue weighted by Crippen LogP contribution is -2.01. The van der Waals surface area contributed by atoms with Crippen molar-refractivity contribution in [2.75, 3.05) is 0 Å². The molecule has 132 valence electrons. The second kappa shape index (κ2) is 6.83. The van der Waals surface area contributed by atoms with Crippen LogP contribution in [-0.2, 0) is 0 Å². The van der Waals surface area contributed by atoms with Crippen molar-refractivity contribution in [1.82, 2.24) is 10.2 Å². The molecule has 0 aliphatic heterocycles. The van der Waals surface area contributed by atoms with Gasteiger partial charge in [-0.2, -0.15) is 8.78 Å². The monoisotopic (exact) mass is 412 g/mol. The van der Waals surface area contributed by atoms with Crippen molar-refractivity contribution in [3.63, 3.8) is 0 Å². The van der Waals surface area contributed by atoms with Crippen LogP contribution in [0.25, 0.3) is 32.3 Å². The topological polar surface area (TPSA) is 48.2 Å². The van der Waals surface area contributed by atoms with Crippen molar-refractivity contribution in [1.29, 1.82) is 0 Å². The number of halogens is 4. The van der Waals surface area contributed by atoms with E-state index in [4.69, 9.17) is 27.6 Å². The number of nitrogens with zero attached hydrogens (tertiary/aromatic N) is 2. The molecule has 2 aromatic carbocycles. The third-order valence-corrected chi connectivity index (χ3v) is 5.42. The standard InChI is InChI=1S/C17H8Cl2F2N2O2S/c18-9-3-6-11-12(7-9)26-14(13(11)19)16-23-22-15(25-16)8-1-4-10(5-2-8)24-17(20)21/h1-7,17H. The molecule has 0 fully saturated rings. The van der Waals surface area contributed by atoms with Gasteiger partial charge in [-0.05, 0) is 36.4 Å². The molecule has 4 rings (SSSR count). The third-order valence-electron chi connectivity index (χ3n) is 3.54. The lowest BCUT2D eigenvalue weighted by atomic mass is 10.2. The van der Waals surface area contributed by atoms with E-state index in [0.29, 0.717) is 20.5 Å². The van der Waals surface area contributed by atoms with Gasteiger partial charge in [0, 0.05) is 20.7 Å². The van der Waals surface area contributed by atoms with Crippen LogP contribution >= 0.6 is 34.5 Å². The molecule has 4 nitrogen and oxygen atoms in total. The smallest absolute Gasteiger partial charge is 0.387 e. The minimum atomic E-state index is -2.88. The van der Waals surface area contributed by atoms with Crippen LogP contribution in [0.4, 0.5) is 8.78 Å². The molecule has 0 bridgehead atoms. The van der Waals surface area contributed by atoms with Crippen molar-refractivity contribution < 1.29 is 17.9 Å². The molecule has 0 atom stereocenters. The van der Waals surface area contributed by atoms with Gasteiger partial charge in [-0.15, -0.1) is 21.5 Å². The fraction of sp³-hybridized carbons (Fsp3) is 0.0588. The summed E-state index contributed by atoms with van der Waals surface area (Å²) in [7, 11) is 0. The molecule has 9 heteroatoms. The van der Waals surface area contributed by atoms with E-state index in [2.05, 4.69) is 14.9 Å². The first kappa shape index (κ1) is 17.2. The number of ether oxygens (including phenoxy) is 1. The Hall–Kier alpha value is -2.22. The molecule has 0 amide bonds. The highest BCUT2D eigenvalue weighted by Crippen LogP contribution is 2.42. The first-order valence-electron chi connectivity index (χ1n) is 7.28. The SMILES string of the molecule is FC(F)Oc1ccc(-c2nnc(-c3sc4cc(Cl)ccc4c3Cl)o2)cc1. The third kappa shape index (κ3) is 3.25. The zero-order valence-electron chi connectivity index (χ0n) is 12.7. The van der Waals surface area contributed by atoms with Gasteiger partial charge < -0.3 is 9.15 Å². The van der Waals surface area contributed by atoms with Crippen LogP contribution in [-0.4, -0.2) is 16.8 Å². The Morgan fingerprint density at radius 1 is 1.00 bits per heavy atom. The van der Waals surface area contributed by atoms with Crippen molar-refractivity contribution in [3.8, 4) is 28.0 Å². The summed E-state index contributed by atoms with van der Waals surface area (Å²) >= 11 is 13.8. The van der Waals surface area contributed by atoms with Crippen molar-refractivity contribution in [2.24, 2.45) is 0 Å². The highest BCUT2D eigenvalue weighted by Gasteiger charge is 2.18. The normalized spacial score (nSPS) is 11.4. The second-order valence-corrected chi connectivity index (χ2v) is 7.07. The highest BCUT2D eigenvalue weighted by atomic mass is 35.5. The molecule has 0 aliphatic carbocycles. The summed E-state index contributed by atoms with van der Waals surface area (Å²) in [6, 6.07) is 11.3. The fourth-order valence-corrected chi connectivity index (χ4v) is 4.10. The van der Waals surface area contributed by atoms with Gasteiger partial charge in [0.2, 0.25) is 5.89 Å². The summed E-state index contributed by atoms with van der Waals surface area (Å²) in [5.74, 6) is 0.568. The van der Waals surface area contributed by atoms with E-state index >= 15 is 0 Å². The maximum Gasteiger partial charge on any atom is 0.387 e. The van der Waals surface area contributed by atoms with Crippen molar-refractivity contribution in [2.45, 2.75) is 6.61 Å². The number of hydrogen-bond acceptors (Lipinski definition) is 5. The molecule has 0 unspecified atom stereocenters. The lowest BCUT2D eigenvalue weighted by Gasteiger charge is -2.03. The highest BCUT2D eigenvalue weighted by molar-refractivity contribution is 7.23. The summed E-state index contributed by atoms with van der Waals surface area (Å²) in [4.78, 5) is 0.639. The van der Waals surface area contributed by atoms with E-state index in [-0.39, 0.29) is 17.5 Å². The summed E-state index contributed by atoms with van der Waals surface area (Å²) in [6.07, 6.45) is 0. The average molecular weight is 413 g/mol. The molecule has 26 heavy (non-hydrogen) atoms. The van der Waals surface area contributed by atoms with E-state index in [1.807, 2.05) is 12.1 Å². The molecule has 2 heterocycles. The lowest BCUT2D eigenvalue weighted by molar-refractivity contribution is -0.0498. The van der Waals surface area contributed by atoms with E-state index in [1.54, 1.807) is 18.2 Å². The molecule has 4 aromatic rings. The van der Waals surface area contributed by atoms with Crippen LogP contribution in [0, 0.1) is 0 Å². The largest absolute Gasteiger partial charge is 0.435 e. The Balaban J connectivity index is 1.67. The summed E-state index contributed by atoms with van der Waals surface area (Å²) in [5.41, 5.74) is 0.575. The first-order valence-corrected chi connectivity index (χ1v) is 8.85. The quantitative estimate of drug-likeness (QED) is 0.382. The molecule has 0 spiro atoms. The maximum atomic E-state index is 12.2. The summed E-state index contributed by atoms with van der Waals surface area (Å²) < 4.78 is 35.3. The molecule has 0 N–H and O–H groups in total. The van der Waals surface area contributed by atoms with Crippen LogP contribution in [0.15, 0.2) is 46.9 Å². The molecular weight excluding hydrogens is 405 g/mol. The zero-order valence-corrected chi connectivity index (χ0v) is 15.1. The molecule has 0 saturated carbocycles. The Bertz CT molecular complexity index is 1080. The molecule has 0 saturated heterocycles. The van der Waals surface area contributed by atoms with Crippen LogP contribution in [0.1, 0.15) is 0 Å². The molecule has 0 aliphatic rings. The van der Waals surface area contributed by atoms with Gasteiger partial charge in [-0.1, -0.05) is 29.3 Å². The van der Waals surface area contributed by atoms with E-state index in [1.165, 1.54) is 23.5 Å². The number of aromatic nitrogens is 2. The minimum Gasteiger partial charge on any atom is -0.435 e. The van der Waals surface area contributed by atoms with Gasteiger partial charge in [-0.3, -0.25) is 0 Å². The fourth-order valence-electron chi connectivity index (χ4n) is 2.39. The average Bonchev–Trinajstić information content (AvgIpc) is 3.20. The van der Waals surface area contributed by atoms with Crippen molar-refractivity contribution >= 4 is 44.6 Å². The van der Waals surface area contributed by atoms with E-state index < -0.39 is 6.61 Å². The summed E-state index contributed by atoms with van der Waals surface area (Å²) in [5, 5.41) is 10.0. The van der Waals surface area contributed by atoms with Crippen LogP contribution in [0.5, 0.6) is 5.75 Å². The van der Waals surface area contributed by atoms with Gasteiger partial charge in [-0.25, -0.2) is 0 Å². The first-order chi connectivity index (χ1) is 12.5. The number of hydrogen-bond donors (Lipinski definition) is 0. The minimum absolute atomic E-state index is 0.0490. The maximum absolute atomic E-state index is 12.2. The van der Waals surface area contributed by atoms with Crippen LogP contribution < -0.4 is 4.74 Å². The van der Waals surface area contributed by atoms with Crippen LogP contribution in [0.3, 0.4) is 0 Å². The van der Waals surface area contributed by atoms with Gasteiger partial charge in [0.1, 0.15) is 10.6 Å². The van der Waals surface area contributed by atoms with E-state index in [0.717, 1.165) is 10.1 Å². The Kier molecular flexibility index (Phi) is 4.52. The van der Waals surface area contributed by atoms with Gasteiger partial charge >= 0.3 is 6.61 Å². The number of rotatable bonds is 4. The Morgan fingerprint density at radius 3 is 2.46 bits per heavy atom. The Morgan fingerprint density at radius 2 is 1.73 bits per heavy atom. The predicted octanol–water partition coefficient (Wildman–Crippen LogP) is 6.53.